The topological polar surface area (TPSA) is 60.0 Å². The van der Waals surface area contributed by atoms with Crippen molar-refractivity contribution in [3.8, 4) is 11.5 Å². The third-order valence-corrected chi connectivity index (χ3v) is 4.97. The van der Waals surface area contributed by atoms with Crippen LogP contribution in [0.2, 0.25) is 0 Å². The molecule has 0 saturated heterocycles. The molecule has 1 N–H and O–H groups in total. The standard InChI is InChI=1S/C22H28N2O4/c1-5-28-22(25)24(14-16-9-7-6-8-10-16)19-11-15(2)23-18-13-21(27-4)20(26-3)12-17(18)19/h6-10,12-13,15,19,23H,5,11,14H2,1-4H3/t15-,19+/m0/s1. The summed E-state index contributed by atoms with van der Waals surface area (Å²) in [6, 6.07) is 13.9. The number of fused-ring (bicyclic) bond motifs is 1. The molecule has 3 rings (SSSR count). The molecular weight excluding hydrogens is 356 g/mol. The maximum atomic E-state index is 12.9. The molecule has 1 aliphatic rings. The van der Waals surface area contributed by atoms with Gasteiger partial charge in [0.15, 0.2) is 11.5 Å². The molecule has 0 radical (unpaired) electrons. The molecule has 0 bridgehead atoms. The summed E-state index contributed by atoms with van der Waals surface area (Å²) in [7, 11) is 3.24. The lowest BCUT2D eigenvalue weighted by molar-refractivity contribution is 0.0824. The van der Waals surface area contributed by atoms with E-state index < -0.39 is 0 Å². The Balaban J connectivity index is 2.03. The van der Waals surface area contributed by atoms with E-state index in [-0.39, 0.29) is 18.2 Å². The predicted molar refractivity (Wildman–Crippen MR) is 109 cm³/mol. The highest BCUT2D eigenvalue weighted by Gasteiger charge is 2.34. The van der Waals surface area contributed by atoms with Crippen molar-refractivity contribution in [1.29, 1.82) is 0 Å². The van der Waals surface area contributed by atoms with Crippen LogP contribution in [0.1, 0.15) is 37.4 Å². The van der Waals surface area contributed by atoms with Crippen molar-refractivity contribution in [1.82, 2.24) is 4.90 Å². The van der Waals surface area contributed by atoms with Crippen LogP contribution in [0.15, 0.2) is 42.5 Å². The molecule has 1 heterocycles. The Kier molecular flexibility index (Phi) is 6.29. The van der Waals surface area contributed by atoms with Gasteiger partial charge >= 0.3 is 6.09 Å². The molecule has 0 aliphatic carbocycles. The van der Waals surface area contributed by atoms with Crippen LogP contribution in [0.25, 0.3) is 0 Å². The van der Waals surface area contributed by atoms with Crippen LogP contribution in [-0.2, 0) is 11.3 Å². The zero-order valence-electron chi connectivity index (χ0n) is 16.9. The number of benzene rings is 2. The predicted octanol–water partition coefficient (Wildman–Crippen LogP) is 4.61. The summed E-state index contributed by atoms with van der Waals surface area (Å²) in [4.78, 5) is 14.7. The van der Waals surface area contributed by atoms with Crippen LogP contribution in [-0.4, -0.2) is 37.9 Å². The lowest BCUT2D eigenvalue weighted by Gasteiger charge is -2.38. The van der Waals surface area contributed by atoms with Crippen molar-refractivity contribution in [2.24, 2.45) is 0 Å². The molecule has 0 unspecified atom stereocenters. The van der Waals surface area contributed by atoms with Crippen molar-refractivity contribution >= 4 is 11.8 Å². The minimum atomic E-state index is -0.314. The summed E-state index contributed by atoms with van der Waals surface area (Å²) in [5, 5.41) is 3.49. The molecule has 0 saturated carbocycles. The summed E-state index contributed by atoms with van der Waals surface area (Å²) in [6.45, 7) is 4.75. The van der Waals surface area contributed by atoms with E-state index in [2.05, 4.69) is 12.2 Å². The van der Waals surface area contributed by atoms with E-state index in [1.807, 2.05) is 49.4 Å². The van der Waals surface area contributed by atoms with E-state index >= 15 is 0 Å². The first-order valence-corrected chi connectivity index (χ1v) is 9.57. The smallest absolute Gasteiger partial charge is 0.410 e. The number of anilines is 1. The molecule has 1 aliphatic heterocycles. The van der Waals surface area contributed by atoms with Crippen LogP contribution >= 0.6 is 0 Å². The number of hydrogen-bond acceptors (Lipinski definition) is 5. The fourth-order valence-electron chi connectivity index (χ4n) is 3.67. The molecule has 2 atom stereocenters. The van der Waals surface area contributed by atoms with E-state index in [1.54, 1.807) is 19.1 Å². The number of hydrogen-bond donors (Lipinski definition) is 1. The van der Waals surface area contributed by atoms with Crippen molar-refractivity contribution < 1.29 is 19.0 Å². The zero-order chi connectivity index (χ0) is 20.1. The van der Waals surface area contributed by atoms with Gasteiger partial charge in [-0.2, -0.15) is 0 Å². The molecule has 0 fully saturated rings. The van der Waals surface area contributed by atoms with Gasteiger partial charge in [-0.15, -0.1) is 0 Å². The van der Waals surface area contributed by atoms with Crippen LogP contribution in [0.4, 0.5) is 10.5 Å². The maximum Gasteiger partial charge on any atom is 0.410 e. The van der Waals surface area contributed by atoms with E-state index in [0.717, 1.165) is 23.2 Å². The van der Waals surface area contributed by atoms with Crippen molar-refractivity contribution in [3.05, 3.63) is 53.6 Å². The Labute approximate surface area is 166 Å². The average Bonchev–Trinajstić information content (AvgIpc) is 2.71. The number of carbonyl (C=O) groups is 1. The van der Waals surface area contributed by atoms with Crippen LogP contribution in [0, 0.1) is 0 Å². The summed E-state index contributed by atoms with van der Waals surface area (Å²) in [5.74, 6) is 1.30. The number of carbonyl (C=O) groups excluding carboxylic acids is 1. The monoisotopic (exact) mass is 384 g/mol. The first kappa shape index (κ1) is 19.9. The van der Waals surface area contributed by atoms with Gasteiger partial charge in [0.1, 0.15) is 0 Å². The largest absolute Gasteiger partial charge is 0.493 e. The van der Waals surface area contributed by atoms with E-state index in [1.165, 1.54) is 0 Å². The van der Waals surface area contributed by atoms with Crippen LogP contribution in [0.3, 0.4) is 0 Å². The lowest BCUT2D eigenvalue weighted by atomic mass is 9.91. The van der Waals surface area contributed by atoms with Gasteiger partial charge in [0, 0.05) is 29.9 Å². The van der Waals surface area contributed by atoms with Gasteiger partial charge in [0.05, 0.1) is 26.9 Å². The molecule has 0 spiro atoms. The van der Waals surface area contributed by atoms with E-state index in [4.69, 9.17) is 14.2 Å². The fraction of sp³-hybridized carbons (Fsp3) is 0.409. The molecule has 6 heteroatoms. The van der Waals surface area contributed by atoms with Crippen LogP contribution in [0.5, 0.6) is 11.5 Å². The van der Waals surface area contributed by atoms with E-state index in [9.17, 15) is 4.79 Å². The number of ether oxygens (including phenoxy) is 3. The number of rotatable bonds is 6. The van der Waals surface area contributed by atoms with Gasteiger partial charge in [-0.05, 0) is 31.9 Å². The SMILES string of the molecule is CCOC(=O)N(Cc1ccccc1)[C@@H]1C[C@H](C)Nc2cc(OC)c(OC)cc21. The summed E-state index contributed by atoms with van der Waals surface area (Å²) < 4.78 is 16.3. The minimum absolute atomic E-state index is 0.134. The number of nitrogens with zero attached hydrogens (tertiary/aromatic N) is 1. The lowest BCUT2D eigenvalue weighted by Crippen LogP contribution is -2.40. The Bertz CT molecular complexity index is 810. The second-order valence-corrected chi connectivity index (χ2v) is 6.90. The second-order valence-electron chi connectivity index (χ2n) is 6.90. The van der Waals surface area contributed by atoms with Crippen molar-refractivity contribution in [3.63, 3.8) is 0 Å². The molecule has 150 valence electrons. The first-order valence-electron chi connectivity index (χ1n) is 9.57. The Hall–Kier alpha value is -2.89. The van der Waals surface area contributed by atoms with Gasteiger partial charge < -0.3 is 19.5 Å². The fourth-order valence-corrected chi connectivity index (χ4v) is 3.67. The van der Waals surface area contributed by atoms with Gasteiger partial charge in [0.2, 0.25) is 0 Å². The summed E-state index contributed by atoms with van der Waals surface area (Å²) in [5.41, 5.74) is 3.01. The van der Waals surface area contributed by atoms with Crippen molar-refractivity contribution in [2.45, 2.75) is 38.9 Å². The summed E-state index contributed by atoms with van der Waals surface area (Å²) >= 11 is 0. The molecule has 0 aromatic heterocycles. The Morgan fingerprint density at radius 2 is 1.82 bits per heavy atom. The molecule has 2 aromatic rings. The molecule has 28 heavy (non-hydrogen) atoms. The molecule has 2 aromatic carbocycles. The maximum absolute atomic E-state index is 12.9. The molecular formula is C22H28N2O4. The van der Waals surface area contributed by atoms with Gasteiger partial charge in [-0.1, -0.05) is 30.3 Å². The number of amides is 1. The number of nitrogens with one attached hydrogen (secondary N) is 1. The Morgan fingerprint density at radius 3 is 2.46 bits per heavy atom. The highest BCUT2D eigenvalue weighted by Crippen LogP contribution is 2.43. The van der Waals surface area contributed by atoms with Crippen LogP contribution < -0.4 is 14.8 Å². The first-order chi connectivity index (χ1) is 13.6. The number of methoxy groups -OCH3 is 2. The highest BCUT2D eigenvalue weighted by molar-refractivity contribution is 5.71. The van der Waals surface area contributed by atoms with Gasteiger partial charge in [0.25, 0.3) is 0 Å². The quantitative estimate of drug-likeness (QED) is 0.788. The Morgan fingerprint density at radius 1 is 1.14 bits per heavy atom. The van der Waals surface area contributed by atoms with Crippen molar-refractivity contribution in [2.75, 3.05) is 26.1 Å². The molecule has 1 amide bonds. The normalized spacial score (nSPS) is 17.9. The summed E-state index contributed by atoms with van der Waals surface area (Å²) in [6.07, 6.45) is 0.458. The third kappa shape index (κ3) is 4.16. The van der Waals surface area contributed by atoms with Gasteiger partial charge in [-0.3, -0.25) is 4.90 Å². The zero-order valence-corrected chi connectivity index (χ0v) is 16.9. The van der Waals surface area contributed by atoms with E-state index in [0.29, 0.717) is 24.7 Å². The highest BCUT2D eigenvalue weighted by atomic mass is 16.6. The average molecular weight is 384 g/mol. The third-order valence-electron chi connectivity index (χ3n) is 4.97. The second kappa shape index (κ2) is 8.87. The minimum Gasteiger partial charge on any atom is -0.493 e. The molecule has 6 nitrogen and oxygen atoms in total. The van der Waals surface area contributed by atoms with Gasteiger partial charge in [-0.25, -0.2) is 4.79 Å².